The second kappa shape index (κ2) is 8.11. The molecule has 1 aliphatic rings. The van der Waals surface area contributed by atoms with Gasteiger partial charge >= 0.3 is 6.09 Å². The first-order chi connectivity index (χ1) is 13.7. The molecule has 154 valence electrons. The number of benzene rings is 1. The minimum absolute atomic E-state index is 0.102. The number of hydrogen-bond donors (Lipinski definition) is 0. The number of piperidine rings is 1. The molecule has 8 heteroatoms. The smallest absolute Gasteiger partial charge is 0.410 e. The van der Waals surface area contributed by atoms with Gasteiger partial charge in [0, 0.05) is 31.8 Å². The van der Waals surface area contributed by atoms with Crippen molar-refractivity contribution in [3.8, 4) is 22.9 Å². The average molecular weight is 400 g/mol. The molecule has 1 fully saturated rings. The molecule has 0 saturated carbocycles. The number of aromatic nitrogens is 2. The summed E-state index contributed by atoms with van der Waals surface area (Å²) in [6.07, 6.45) is 1.24. The van der Waals surface area contributed by atoms with E-state index >= 15 is 0 Å². The van der Waals surface area contributed by atoms with E-state index in [1.165, 1.54) is 4.90 Å². The van der Waals surface area contributed by atoms with Crippen LogP contribution in [-0.2, 0) is 11.8 Å². The summed E-state index contributed by atoms with van der Waals surface area (Å²) >= 11 is 0. The molecule has 1 amide bonds. The molecular weight excluding hydrogens is 375 g/mol. The molecule has 1 aromatic heterocycles. The van der Waals surface area contributed by atoms with Crippen molar-refractivity contribution in [1.82, 2.24) is 14.7 Å². The third-order valence-electron chi connectivity index (χ3n) is 4.55. The molecule has 0 radical (unpaired) electrons. The van der Waals surface area contributed by atoms with Crippen LogP contribution in [0.3, 0.4) is 0 Å². The second-order valence-electron chi connectivity index (χ2n) is 8.11. The lowest BCUT2D eigenvalue weighted by Gasteiger charge is -2.35. The minimum atomic E-state index is -1.37. The van der Waals surface area contributed by atoms with Gasteiger partial charge in [-0.1, -0.05) is 6.07 Å². The summed E-state index contributed by atoms with van der Waals surface area (Å²) in [7, 11) is 1.82. The van der Waals surface area contributed by atoms with Crippen LogP contribution in [0.15, 0.2) is 30.6 Å². The van der Waals surface area contributed by atoms with Crippen molar-refractivity contribution in [3.05, 3.63) is 36.2 Å². The first-order valence-electron chi connectivity index (χ1n) is 9.48. The highest BCUT2D eigenvalue weighted by Gasteiger charge is 2.35. The normalized spacial score (nSPS) is 19.5. The SMILES string of the molecule is Cn1cc(-c2ccc(O[C@@H]3CCN(C(=O)OC(C)(C)C)C[C@@H]3F)c(C#N)c2)cn1. The van der Waals surface area contributed by atoms with Crippen molar-refractivity contribution in [2.75, 3.05) is 13.1 Å². The van der Waals surface area contributed by atoms with Crippen LogP contribution < -0.4 is 4.74 Å². The lowest BCUT2D eigenvalue weighted by atomic mass is 10.0. The van der Waals surface area contributed by atoms with Crippen LogP contribution in [0.4, 0.5) is 9.18 Å². The fourth-order valence-corrected chi connectivity index (χ4v) is 3.14. The van der Waals surface area contributed by atoms with Crippen molar-refractivity contribution >= 4 is 6.09 Å². The highest BCUT2D eigenvalue weighted by atomic mass is 19.1. The molecule has 2 aromatic rings. The number of rotatable bonds is 3. The molecule has 0 aliphatic carbocycles. The third kappa shape index (κ3) is 5.05. The summed E-state index contributed by atoms with van der Waals surface area (Å²) in [5.41, 5.74) is 1.41. The van der Waals surface area contributed by atoms with Gasteiger partial charge in [-0.2, -0.15) is 10.4 Å². The van der Waals surface area contributed by atoms with Gasteiger partial charge in [0.05, 0.1) is 18.3 Å². The predicted molar refractivity (Wildman–Crippen MR) is 105 cm³/mol. The van der Waals surface area contributed by atoms with Crippen LogP contribution in [0.2, 0.25) is 0 Å². The van der Waals surface area contributed by atoms with E-state index in [1.54, 1.807) is 43.8 Å². The molecule has 7 nitrogen and oxygen atoms in total. The lowest BCUT2D eigenvalue weighted by molar-refractivity contribution is -0.0106. The van der Waals surface area contributed by atoms with Crippen molar-refractivity contribution < 1.29 is 18.7 Å². The summed E-state index contributed by atoms with van der Waals surface area (Å²) in [6, 6.07) is 7.30. The number of likely N-dealkylation sites (tertiary alicyclic amines) is 1. The number of carbonyl (C=O) groups excluding carboxylic acids is 1. The number of halogens is 1. The zero-order valence-electron chi connectivity index (χ0n) is 17.1. The third-order valence-corrected chi connectivity index (χ3v) is 4.55. The predicted octanol–water partition coefficient (Wildman–Crippen LogP) is 3.69. The van der Waals surface area contributed by atoms with Gasteiger partial charge < -0.3 is 14.4 Å². The largest absolute Gasteiger partial charge is 0.486 e. The van der Waals surface area contributed by atoms with E-state index < -0.39 is 24.0 Å². The Balaban J connectivity index is 1.68. The van der Waals surface area contributed by atoms with Crippen LogP contribution in [0.25, 0.3) is 11.1 Å². The summed E-state index contributed by atoms with van der Waals surface area (Å²) in [4.78, 5) is 13.5. The molecule has 3 rings (SSSR count). The van der Waals surface area contributed by atoms with Gasteiger partial charge in [-0.3, -0.25) is 4.68 Å². The quantitative estimate of drug-likeness (QED) is 0.785. The van der Waals surface area contributed by atoms with Crippen molar-refractivity contribution in [3.63, 3.8) is 0 Å². The Hall–Kier alpha value is -3.08. The van der Waals surface area contributed by atoms with Gasteiger partial charge in [-0.25, -0.2) is 9.18 Å². The van der Waals surface area contributed by atoms with Gasteiger partial charge in [0.15, 0.2) is 6.17 Å². The topological polar surface area (TPSA) is 80.4 Å². The standard InChI is InChI=1S/C21H25FN4O3/c1-21(2,3)29-20(27)26-8-7-19(17(22)13-26)28-18-6-5-14(9-15(18)10-23)16-11-24-25(4)12-16/h5-6,9,11-12,17,19H,7-8,13H2,1-4H3/t17-,19+/m0/s1. The maximum absolute atomic E-state index is 14.7. The zero-order valence-corrected chi connectivity index (χ0v) is 17.1. The Kier molecular flexibility index (Phi) is 5.78. The van der Waals surface area contributed by atoms with Gasteiger partial charge in [-0.05, 0) is 38.5 Å². The van der Waals surface area contributed by atoms with Crippen LogP contribution in [0, 0.1) is 11.3 Å². The number of carbonyl (C=O) groups is 1. The van der Waals surface area contributed by atoms with Gasteiger partial charge in [-0.15, -0.1) is 0 Å². The van der Waals surface area contributed by atoms with E-state index in [0.29, 0.717) is 24.3 Å². The maximum Gasteiger partial charge on any atom is 0.410 e. The van der Waals surface area contributed by atoms with E-state index in [1.807, 2.05) is 19.3 Å². The van der Waals surface area contributed by atoms with E-state index in [4.69, 9.17) is 9.47 Å². The Morgan fingerprint density at radius 2 is 2.10 bits per heavy atom. The van der Waals surface area contributed by atoms with E-state index in [2.05, 4.69) is 11.2 Å². The summed E-state index contributed by atoms with van der Waals surface area (Å²) in [5, 5.41) is 13.6. The van der Waals surface area contributed by atoms with E-state index in [-0.39, 0.29) is 6.54 Å². The molecule has 29 heavy (non-hydrogen) atoms. The molecule has 2 atom stereocenters. The van der Waals surface area contributed by atoms with Gasteiger partial charge in [0.1, 0.15) is 23.5 Å². The zero-order chi connectivity index (χ0) is 21.2. The minimum Gasteiger partial charge on any atom is -0.486 e. The van der Waals surface area contributed by atoms with Crippen molar-refractivity contribution in [1.29, 1.82) is 5.26 Å². The molecule has 0 spiro atoms. The molecule has 0 bridgehead atoms. The van der Waals surface area contributed by atoms with E-state index in [9.17, 15) is 14.4 Å². The average Bonchev–Trinajstić information content (AvgIpc) is 3.08. The molecular formula is C21H25FN4O3. The first kappa shape index (κ1) is 20.6. The van der Waals surface area contributed by atoms with Crippen LogP contribution in [-0.4, -0.2) is 51.7 Å². The molecule has 0 N–H and O–H groups in total. The van der Waals surface area contributed by atoms with Gasteiger partial charge in [0.25, 0.3) is 0 Å². The van der Waals surface area contributed by atoms with Crippen molar-refractivity contribution in [2.24, 2.45) is 7.05 Å². The summed E-state index contributed by atoms with van der Waals surface area (Å²) < 4.78 is 27.5. The number of amides is 1. The monoisotopic (exact) mass is 400 g/mol. The number of alkyl halides is 1. The number of hydrogen-bond acceptors (Lipinski definition) is 5. The number of nitriles is 1. The van der Waals surface area contributed by atoms with Crippen LogP contribution in [0.1, 0.15) is 32.8 Å². The van der Waals surface area contributed by atoms with Crippen LogP contribution >= 0.6 is 0 Å². The maximum atomic E-state index is 14.7. The highest BCUT2D eigenvalue weighted by molar-refractivity contribution is 5.68. The Morgan fingerprint density at radius 1 is 1.34 bits per heavy atom. The van der Waals surface area contributed by atoms with E-state index in [0.717, 1.165) is 11.1 Å². The Bertz CT molecular complexity index is 929. The summed E-state index contributed by atoms with van der Waals surface area (Å²) in [6.45, 7) is 5.54. The number of aryl methyl sites for hydroxylation is 1. The molecule has 2 heterocycles. The second-order valence-corrected chi connectivity index (χ2v) is 8.11. The lowest BCUT2D eigenvalue weighted by Crippen LogP contribution is -2.50. The molecule has 1 aromatic carbocycles. The molecule has 0 unspecified atom stereocenters. The fourth-order valence-electron chi connectivity index (χ4n) is 3.14. The van der Waals surface area contributed by atoms with Gasteiger partial charge in [0.2, 0.25) is 0 Å². The summed E-state index contributed by atoms with van der Waals surface area (Å²) in [5.74, 6) is 0.332. The highest BCUT2D eigenvalue weighted by Crippen LogP contribution is 2.29. The molecule has 1 saturated heterocycles. The fraction of sp³-hybridized carbons (Fsp3) is 0.476. The number of nitrogens with zero attached hydrogens (tertiary/aromatic N) is 4. The molecule has 1 aliphatic heterocycles. The Morgan fingerprint density at radius 3 is 2.69 bits per heavy atom. The van der Waals surface area contributed by atoms with Crippen molar-refractivity contribution in [2.45, 2.75) is 45.1 Å². The van der Waals surface area contributed by atoms with Crippen LogP contribution in [0.5, 0.6) is 5.75 Å². The first-order valence-corrected chi connectivity index (χ1v) is 9.48. The number of ether oxygens (including phenoxy) is 2. The Labute approximate surface area is 169 Å².